The first-order chi connectivity index (χ1) is 16.5. The third-order valence-corrected chi connectivity index (χ3v) is 6.62. The van der Waals surface area contributed by atoms with Gasteiger partial charge in [0, 0.05) is 31.9 Å². The minimum absolute atomic E-state index is 0.156. The second-order valence-corrected chi connectivity index (χ2v) is 9.45. The molecule has 4 aromatic carbocycles. The van der Waals surface area contributed by atoms with Gasteiger partial charge < -0.3 is 10.6 Å². The molecule has 0 aliphatic carbocycles. The van der Waals surface area contributed by atoms with Gasteiger partial charge in [0.05, 0.1) is 0 Å². The molecule has 0 saturated carbocycles. The Kier molecular flexibility index (Phi) is 7.91. The average molecular weight is 507 g/mol. The zero-order valence-electron chi connectivity index (χ0n) is 17.9. The molecule has 0 fully saturated rings. The van der Waals surface area contributed by atoms with Crippen molar-refractivity contribution < 1.29 is 9.59 Å². The van der Waals surface area contributed by atoms with Crippen LogP contribution in [0.2, 0.25) is 10.0 Å². The number of carbonyl (C=O) groups excluding carboxylic acids is 2. The standard InChI is InChI=1S/C27H20Cl2N2O2S/c28-20-9-4-8-19(16-20)26(32)30-22-12-14-24(15-13-22)34-25(18-6-2-1-3-7-18)27(33)31-23-11-5-10-21(29)17-23/h1-17,25H,(H,30,32)(H,31,33). The molecule has 0 saturated heterocycles. The maximum absolute atomic E-state index is 13.2. The van der Waals surface area contributed by atoms with E-state index in [9.17, 15) is 9.59 Å². The van der Waals surface area contributed by atoms with Gasteiger partial charge in [0.2, 0.25) is 5.91 Å². The van der Waals surface area contributed by atoms with E-state index in [2.05, 4.69) is 10.6 Å². The average Bonchev–Trinajstić information content (AvgIpc) is 2.84. The number of thioether (sulfide) groups is 1. The second kappa shape index (κ2) is 11.3. The Labute approximate surface area is 212 Å². The number of benzene rings is 4. The van der Waals surface area contributed by atoms with Crippen LogP contribution in [-0.2, 0) is 4.79 Å². The summed E-state index contributed by atoms with van der Waals surface area (Å²) in [7, 11) is 0. The number of nitrogens with one attached hydrogen (secondary N) is 2. The molecule has 2 N–H and O–H groups in total. The number of rotatable bonds is 7. The van der Waals surface area contributed by atoms with Crippen molar-refractivity contribution >= 4 is 58.2 Å². The van der Waals surface area contributed by atoms with E-state index in [0.717, 1.165) is 10.5 Å². The summed E-state index contributed by atoms with van der Waals surface area (Å²) in [6.07, 6.45) is 0. The number of anilines is 2. The molecule has 0 aliphatic rings. The summed E-state index contributed by atoms with van der Waals surface area (Å²) in [6.45, 7) is 0. The highest BCUT2D eigenvalue weighted by Crippen LogP contribution is 2.37. The Morgan fingerprint density at radius 3 is 2.03 bits per heavy atom. The van der Waals surface area contributed by atoms with Crippen molar-refractivity contribution in [1.82, 2.24) is 0 Å². The summed E-state index contributed by atoms with van der Waals surface area (Å²) in [5.74, 6) is -0.400. The Hall–Kier alpha value is -3.25. The van der Waals surface area contributed by atoms with Crippen LogP contribution in [0.1, 0.15) is 21.2 Å². The second-order valence-electron chi connectivity index (χ2n) is 7.40. The van der Waals surface area contributed by atoms with Crippen molar-refractivity contribution in [1.29, 1.82) is 0 Å². The van der Waals surface area contributed by atoms with E-state index in [1.54, 1.807) is 48.5 Å². The lowest BCUT2D eigenvalue weighted by molar-refractivity contribution is -0.115. The van der Waals surface area contributed by atoms with Crippen LogP contribution < -0.4 is 10.6 Å². The van der Waals surface area contributed by atoms with Crippen molar-refractivity contribution in [2.45, 2.75) is 10.1 Å². The lowest BCUT2D eigenvalue weighted by Gasteiger charge is -2.17. The topological polar surface area (TPSA) is 58.2 Å². The minimum Gasteiger partial charge on any atom is -0.325 e. The van der Waals surface area contributed by atoms with Crippen LogP contribution in [0.25, 0.3) is 0 Å². The van der Waals surface area contributed by atoms with Crippen LogP contribution in [-0.4, -0.2) is 11.8 Å². The van der Waals surface area contributed by atoms with E-state index >= 15 is 0 Å². The molecule has 0 aliphatic heterocycles. The van der Waals surface area contributed by atoms with Crippen molar-refractivity contribution in [3.63, 3.8) is 0 Å². The highest BCUT2D eigenvalue weighted by molar-refractivity contribution is 8.00. The van der Waals surface area contributed by atoms with E-state index in [4.69, 9.17) is 23.2 Å². The monoisotopic (exact) mass is 506 g/mol. The van der Waals surface area contributed by atoms with E-state index in [-0.39, 0.29) is 11.8 Å². The summed E-state index contributed by atoms with van der Waals surface area (Å²) < 4.78 is 0. The number of halogens is 2. The molecular formula is C27H20Cl2N2O2S. The van der Waals surface area contributed by atoms with Gasteiger partial charge in [-0.2, -0.15) is 0 Å². The van der Waals surface area contributed by atoms with Gasteiger partial charge in [-0.05, 0) is 66.2 Å². The van der Waals surface area contributed by atoms with Gasteiger partial charge in [-0.3, -0.25) is 9.59 Å². The quantitative estimate of drug-likeness (QED) is 0.252. The molecule has 0 spiro atoms. The van der Waals surface area contributed by atoms with Crippen LogP contribution in [0.4, 0.5) is 11.4 Å². The van der Waals surface area contributed by atoms with Gasteiger partial charge in [0.15, 0.2) is 0 Å². The molecule has 4 aromatic rings. The predicted molar refractivity (Wildman–Crippen MR) is 141 cm³/mol. The van der Waals surface area contributed by atoms with Gasteiger partial charge in [0.1, 0.15) is 5.25 Å². The highest BCUT2D eigenvalue weighted by Gasteiger charge is 2.22. The molecule has 0 radical (unpaired) electrons. The van der Waals surface area contributed by atoms with Crippen LogP contribution in [0.15, 0.2) is 108 Å². The van der Waals surface area contributed by atoms with Gasteiger partial charge in [-0.25, -0.2) is 0 Å². The van der Waals surface area contributed by atoms with Crippen molar-refractivity contribution in [2.75, 3.05) is 10.6 Å². The van der Waals surface area contributed by atoms with Crippen molar-refractivity contribution in [3.8, 4) is 0 Å². The summed E-state index contributed by atoms with van der Waals surface area (Å²) in [6, 6.07) is 30.8. The number of hydrogen-bond acceptors (Lipinski definition) is 3. The maximum Gasteiger partial charge on any atom is 0.255 e. The third-order valence-electron chi connectivity index (χ3n) is 4.89. The highest BCUT2D eigenvalue weighted by atomic mass is 35.5. The van der Waals surface area contributed by atoms with Crippen molar-refractivity contribution in [2.24, 2.45) is 0 Å². The molecule has 0 aromatic heterocycles. The molecule has 0 heterocycles. The fourth-order valence-corrected chi connectivity index (χ4v) is 4.67. The van der Waals surface area contributed by atoms with Gasteiger partial charge >= 0.3 is 0 Å². The summed E-state index contributed by atoms with van der Waals surface area (Å²) in [5.41, 5.74) is 2.64. The van der Waals surface area contributed by atoms with Crippen LogP contribution >= 0.6 is 35.0 Å². The van der Waals surface area contributed by atoms with Crippen LogP contribution in [0.5, 0.6) is 0 Å². The molecule has 2 amide bonds. The Balaban J connectivity index is 1.49. The van der Waals surface area contributed by atoms with E-state index in [0.29, 0.717) is 27.0 Å². The molecule has 170 valence electrons. The maximum atomic E-state index is 13.2. The molecular weight excluding hydrogens is 487 g/mol. The first kappa shape index (κ1) is 23.9. The van der Waals surface area contributed by atoms with E-state index in [1.807, 2.05) is 54.6 Å². The molecule has 7 heteroatoms. The normalized spacial score (nSPS) is 11.5. The summed E-state index contributed by atoms with van der Waals surface area (Å²) in [5, 5.41) is 6.39. The number of hydrogen-bond donors (Lipinski definition) is 2. The van der Waals surface area contributed by atoms with Crippen LogP contribution in [0, 0.1) is 0 Å². The molecule has 0 bridgehead atoms. The summed E-state index contributed by atoms with van der Waals surface area (Å²) >= 11 is 13.5. The van der Waals surface area contributed by atoms with Gasteiger partial charge in [-0.1, -0.05) is 65.7 Å². The van der Waals surface area contributed by atoms with E-state index in [1.165, 1.54) is 11.8 Å². The Morgan fingerprint density at radius 2 is 1.35 bits per heavy atom. The molecule has 4 nitrogen and oxygen atoms in total. The SMILES string of the molecule is O=C(Nc1ccc(SC(C(=O)Nc2cccc(Cl)c2)c2ccccc2)cc1)c1cccc(Cl)c1. The third kappa shape index (κ3) is 6.41. The largest absolute Gasteiger partial charge is 0.325 e. The lowest BCUT2D eigenvalue weighted by Crippen LogP contribution is -2.19. The molecule has 4 rings (SSSR count). The van der Waals surface area contributed by atoms with Gasteiger partial charge in [-0.15, -0.1) is 11.8 Å². The fraction of sp³-hybridized carbons (Fsp3) is 0.0370. The number of amides is 2. The zero-order valence-corrected chi connectivity index (χ0v) is 20.2. The predicted octanol–water partition coefficient (Wildman–Crippen LogP) is 7.72. The Bertz CT molecular complexity index is 1300. The Morgan fingerprint density at radius 1 is 0.676 bits per heavy atom. The van der Waals surface area contributed by atoms with Crippen LogP contribution in [0.3, 0.4) is 0 Å². The summed E-state index contributed by atoms with van der Waals surface area (Å²) in [4.78, 5) is 26.5. The van der Waals surface area contributed by atoms with Gasteiger partial charge in [0.25, 0.3) is 5.91 Å². The molecule has 34 heavy (non-hydrogen) atoms. The smallest absolute Gasteiger partial charge is 0.255 e. The number of carbonyl (C=O) groups is 2. The first-order valence-corrected chi connectivity index (χ1v) is 12.1. The molecule has 1 atom stereocenters. The van der Waals surface area contributed by atoms with E-state index < -0.39 is 5.25 Å². The fourth-order valence-electron chi connectivity index (χ4n) is 3.26. The van der Waals surface area contributed by atoms with Crippen molar-refractivity contribution in [3.05, 3.63) is 124 Å². The molecule has 1 unspecified atom stereocenters. The minimum atomic E-state index is -0.480. The first-order valence-electron chi connectivity index (χ1n) is 10.4. The zero-order chi connectivity index (χ0) is 23.9. The lowest BCUT2D eigenvalue weighted by atomic mass is 10.1.